The van der Waals surface area contributed by atoms with E-state index in [1.807, 2.05) is 43.5 Å². The van der Waals surface area contributed by atoms with Gasteiger partial charge in [0.1, 0.15) is 11.5 Å². The number of anilines is 1. The number of carbonyl (C=O) groups excluding carboxylic acids is 1. The zero-order valence-corrected chi connectivity index (χ0v) is 14.0. The van der Waals surface area contributed by atoms with Crippen LogP contribution in [0.25, 0.3) is 11.3 Å². The number of benzene rings is 1. The van der Waals surface area contributed by atoms with Crippen molar-refractivity contribution in [3.63, 3.8) is 0 Å². The van der Waals surface area contributed by atoms with Crippen molar-refractivity contribution in [2.24, 2.45) is 5.73 Å². The van der Waals surface area contributed by atoms with Crippen LogP contribution in [0.2, 0.25) is 0 Å². The molecule has 0 fully saturated rings. The molecule has 128 valence electrons. The van der Waals surface area contributed by atoms with Crippen LogP contribution in [0.5, 0.6) is 0 Å². The second-order valence-corrected chi connectivity index (χ2v) is 5.47. The van der Waals surface area contributed by atoms with Crippen molar-refractivity contribution in [3.05, 3.63) is 60.4 Å². The van der Waals surface area contributed by atoms with Crippen molar-refractivity contribution in [1.82, 2.24) is 20.0 Å². The van der Waals surface area contributed by atoms with Crippen molar-refractivity contribution in [2.45, 2.75) is 13.5 Å². The summed E-state index contributed by atoms with van der Waals surface area (Å²) in [5, 5.41) is 8.21. The fourth-order valence-electron chi connectivity index (χ4n) is 2.54. The summed E-state index contributed by atoms with van der Waals surface area (Å²) in [5.41, 5.74) is 7.74. The van der Waals surface area contributed by atoms with Crippen LogP contribution in [0.4, 0.5) is 5.82 Å². The number of hydrogen-bond donors (Lipinski definition) is 1. The fraction of sp³-hybridized carbons (Fsp3) is 0.222. The van der Waals surface area contributed by atoms with Gasteiger partial charge in [-0.1, -0.05) is 23.4 Å². The maximum Gasteiger partial charge on any atom is 0.259 e. The van der Waals surface area contributed by atoms with Crippen LogP contribution in [0.1, 0.15) is 17.3 Å². The average Bonchev–Trinajstić information content (AvgIpc) is 3.12. The van der Waals surface area contributed by atoms with Crippen molar-refractivity contribution in [3.8, 4) is 11.3 Å². The largest absolute Gasteiger partial charge is 0.329 e. The fourth-order valence-corrected chi connectivity index (χ4v) is 2.54. The molecule has 1 amide bonds. The highest BCUT2D eigenvalue weighted by molar-refractivity contribution is 6.05. The Kier molecular flexibility index (Phi) is 5.15. The molecule has 25 heavy (non-hydrogen) atoms. The van der Waals surface area contributed by atoms with Gasteiger partial charge in [0.2, 0.25) is 0 Å². The standard InChI is InChI=1S/C18H20N6O/c1-2-24(18(25)14-6-4-3-5-7-14)17-12-15(8-10-20-17)16-13-23(11-9-19)22-21-16/h3-8,10,12-13H,2,9,11,19H2,1H3. The average molecular weight is 336 g/mol. The van der Waals surface area contributed by atoms with Gasteiger partial charge >= 0.3 is 0 Å². The molecule has 0 saturated heterocycles. The lowest BCUT2D eigenvalue weighted by Crippen LogP contribution is -2.31. The second kappa shape index (κ2) is 7.67. The van der Waals surface area contributed by atoms with Crippen LogP contribution >= 0.6 is 0 Å². The molecule has 0 unspecified atom stereocenters. The number of carbonyl (C=O) groups is 1. The molecule has 0 aliphatic carbocycles. The van der Waals surface area contributed by atoms with Crippen molar-refractivity contribution in [1.29, 1.82) is 0 Å². The van der Waals surface area contributed by atoms with E-state index in [9.17, 15) is 4.79 Å². The highest BCUT2D eigenvalue weighted by Gasteiger charge is 2.17. The van der Waals surface area contributed by atoms with E-state index >= 15 is 0 Å². The summed E-state index contributed by atoms with van der Waals surface area (Å²) in [7, 11) is 0. The highest BCUT2D eigenvalue weighted by atomic mass is 16.2. The molecule has 0 spiro atoms. The Hall–Kier alpha value is -3.06. The van der Waals surface area contributed by atoms with E-state index in [0.717, 1.165) is 11.3 Å². The van der Waals surface area contributed by atoms with Crippen LogP contribution < -0.4 is 10.6 Å². The van der Waals surface area contributed by atoms with E-state index in [4.69, 9.17) is 5.73 Å². The monoisotopic (exact) mass is 336 g/mol. The van der Waals surface area contributed by atoms with E-state index in [-0.39, 0.29) is 5.91 Å². The van der Waals surface area contributed by atoms with Crippen LogP contribution in [-0.4, -0.2) is 39.0 Å². The molecule has 0 saturated carbocycles. The molecule has 0 atom stereocenters. The first-order chi connectivity index (χ1) is 12.2. The Morgan fingerprint density at radius 2 is 2.04 bits per heavy atom. The Morgan fingerprint density at radius 3 is 2.76 bits per heavy atom. The first-order valence-electron chi connectivity index (χ1n) is 8.16. The first-order valence-corrected chi connectivity index (χ1v) is 8.16. The van der Waals surface area contributed by atoms with Crippen LogP contribution in [0.15, 0.2) is 54.9 Å². The molecule has 3 aromatic rings. The number of rotatable bonds is 6. The first kappa shape index (κ1) is 16.8. The van der Waals surface area contributed by atoms with Gasteiger partial charge < -0.3 is 5.73 Å². The summed E-state index contributed by atoms with van der Waals surface area (Å²) >= 11 is 0. The van der Waals surface area contributed by atoms with Crippen LogP contribution in [0, 0.1) is 0 Å². The van der Waals surface area contributed by atoms with Gasteiger partial charge in [-0.15, -0.1) is 5.10 Å². The molecule has 0 bridgehead atoms. The molecular weight excluding hydrogens is 316 g/mol. The predicted octanol–water partition coefficient (Wildman–Crippen LogP) is 1.97. The maximum atomic E-state index is 12.8. The Balaban J connectivity index is 1.89. The van der Waals surface area contributed by atoms with Crippen LogP contribution in [-0.2, 0) is 6.54 Å². The molecule has 2 N–H and O–H groups in total. The quantitative estimate of drug-likeness (QED) is 0.743. The number of nitrogens with zero attached hydrogens (tertiary/aromatic N) is 5. The van der Waals surface area contributed by atoms with E-state index in [1.165, 1.54) is 0 Å². The minimum Gasteiger partial charge on any atom is -0.329 e. The molecule has 1 aromatic carbocycles. The third-order valence-corrected chi connectivity index (χ3v) is 3.80. The summed E-state index contributed by atoms with van der Waals surface area (Å²) in [4.78, 5) is 18.8. The van der Waals surface area contributed by atoms with Gasteiger partial charge in [-0.3, -0.25) is 14.4 Å². The van der Waals surface area contributed by atoms with Gasteiger partial charge in [-0.25, -0.2) is 4.98 Å². The van der Waals surface area contributed by atoms with Crippen molar-refractivity contribution < 1.29 is 4.79 Å². The van der Waals surface area contributed by atoms with Gasteiger partial charge in [0.15, 0.2) is 0 Å². The van der Waals surface area contributed by atoms with Gasteiger partial charge in [-0.05, 0) is 31.2 Å². The molecule has 0 aliphatic rings. The zero-order valence-electron chi connectivity index (χ0n) is 14.0. The lowest BCUT2D eigenvalue weighted by atomic mass is 10.1. The molecule has 7 nitrogen and oxygen atoms in total. The molecule has 3 rings (SSSR count). The molecule has 0 radical (unpaired) electrons. The predicted molar refractivity (Wildman–Crippen MR) is 96.1 cm³/mol. The molecule has 0 aliphatic heterocycles. The number of hydrogen-bond acceptors (Lipinski definition) is 5. The summed E-state index contributed by atoms with van der Waals surface area (Å²) < 4.78 is 1.70. The lowest BCUT2D eigenvalue weighted by Gasteiger charge is -2.20. The maximum absolute atomic E-state index is 12.8. The van der Waals surface area contributed by atoms with E-state index in [2.05, 4.69) is 15.3 Å². The number of nitrogens with two attached hydrogens (primary N) is 1. The van der Waals surface area contributed by atoms with Crippen molar-refractivity contribution in [2.75, 3.05) is 18.0 Å². The van der Waals surface area contributed by atoms with Gasteiger partial charge in [0.05, 0.1) is 12.7 Å². The molecule has 2 aromatic heterocycles. The second-order valence-electron chi connectivity index (χ2n) is 5.47. The van der Waals surface area contributed by atoms with Crippen molar-refractivity contribution >= 4 is 11.7 Å². The topological polar surface area (TPSA) is 89.9 Å². The SMILES string of the molecule is CCN(C(=O)c1ccccc1)c1cc(-c2cn(CCN)nn2)ccn1. The lowest BCUT2D eigenvalue weighted by molar-refractivity contribution is 0.0987. The Bertz CT molecular complexity index is 846. The van der Waals surface area contributed by atoms with Gasteiger partial charge in [-0.2, -0.15) is 0 Å². The van der Waals surface area contributed by atoms with E-state index < -0.39 is 0 Å². The zero-order chi connectivity index (χ0) is 17.6. The van der Waals surface area contributed by atoms with E-state index in [1.54, 1.807) is 27.9 Å². The Labute approximate surface area is 146 Å². The minimum absolute atomic E-state index is 0.0838. The molecular formula is C18H20N6O. The molecule has 7 heteroatoms. The van der Waals surface area contributed by atoms with E-state index in [0.29, 0.717) is 31.0 Å². The summed E-state index contributed by atoms with van der Waals surface area (Å²) in [6.45, 7) is 3.55. The third-order valence-electron chi connectivity index (χ3n) is 3.80. The molecule has 2 heterocycles. The summed E-state index contributed by atoms with van der Waals surface area (Å²) in [6, 6.07) is 12.9. The summed E-state index contributed by atoms with van der Waals surface area (Å²) in [6.07, 6.45) is 3.51. The highest BCUT2D eigenvalue weighted by Crippen LogP contribution is 2.22. The van der Waals surface area contributed by atoms with Gasteiger partial charge in [0, 0.05) is 30.4 Å². The Morgan fingerprint density at radius 1 is 1.24 bits per heavy atom. The number of pyridine rings is 1. The normalized spacial score (nSPS) is 10.6. The van der Waals surface area contributed by atoms with Gasteiger partial charge in [0.25, 0.3) is 5.91 Å². The number of amides is 1. The van der Waals surface area contributed by atoms with Crippen LogP contribution in [0.3, 0.4) is 0 Å². The summed E-state index contributed by atoms with van der Waals surface area (Å²) in [5.74, 6) is 0.502. The third kappa shape index (κ3) is 3.72. The minimum atomic E-state index is -0.0838. The smallest absolute Gasteiger partial charge is 0.259 e. The number of aromatic nitrogens is 4.